The van der Waals surface area contributed by atoms with Gasteiger partial charge >= 0.3 is 5.97 Å². The van der Waals surface area contributed by atoms with E-state index in [1.54, 1.807) is 0 Å². The van der Waals surface area contributed by atoms with E-state index >= 15 is 0 Å². The quantitative estimate of drug-likeness (QED) is 0.705. The highest BCUT2D eigenvalue weighted by Crippen LogP contribution is 2.27. The molecule has 3 rings (SSSR count). The number of hydrogen-bond acceptors (Lipinski definition) is 7. The Morgan fingerprint density at radius 2 is 1.61 bits per heavy atom. The number of aromatic nitrogens is 2. The Morgan fingerprint density at radius 1 is 1.09 bits per heavy atom. The number of carboxylic acids is 1. The molecule has 3 N–H and O–H groups in total. The van der Waals surface area contributed by atoms with Crippen LogP contribution >= 0.6 is 0 Å². The molecule has 0 atom stereocenters. The largest absolute Gasteiger partial charge is 0.479 e. The van der Waals surface area contributed by atoms with Gasteiger partial charge in [0, 0.05) is 45.1 Å². The Kier molecular flexibility index (Phi) is 4.36. The number of anilines is 2. The highest BCUT2D eigenvalue weighted by molar-refractivity contribution is 5.77. The first kappa shape index (κ1) is 15.9. The van der Waals surface area contributed by atoms with Crippen LogP contribution in [0.4, 0.5) is 11.6 Å². The predicted molar refractivity (Wildman–Crippen MR) is 83.5 cm³/mol. The predicted octanol–water partition coefficient (Wildman–Crippen LogP) is -0.146. The second-order valence-electron chi connectivity index (χ2n) is 6.28. The van der Waals surface area contributed by atoms with Gasteiger partial charge in [0.15, 0.2) is 5.60 Å². The number of aliphatic hydroxyl groups is 2. The van der Waals surface area contributed by atoms with E-state index in [-0.39, 0.29) is 18.9 Å². The van der Waals surface area contributed by atoms with Crippen LogP contribution in [0.5, 0.6) is 0 Å². The van der Waals surface area contributed by atoms with Crippen LogP contribution in [0, 0.1) is 0 Å². The molecule has 0 saturated carbocycles. The lowest BCUT2D eigenvalue weighted by Gasteiger charge is -2.36. The summed E-state index contributed by atoms with van der Waals surface area (Å²) in [5.74, 6) is 0.405. The molecule has 0 unspecified atom stereocenters. The minimum Gasteiger partial charge on any atom is -0.479 e. The summed E-state index contributed by atoms with van der Waals surface area (Å²) in [7, 11) is 0. The summed E-state index contributed by atoms with van der Waals surface area (Å²) in [6.07, 6.45) is 3.09. The third kappa shape index (κ3) is 3.37. The first-order chi connectivity index (χ1) is 11.0. The fourth-order valence-electron chi connectivity index (χ4n) is 3.10. The van der Waals surface area contributed by atoms with Crippen LogP contribution in [0.25, 0.3) is 0 Å². The third-order valence-corrected chi connectivity index (χ3v) is 4.74. The molecular formula is C15H22N4O4. The van der Waals surface area contributed by atoms with Gasteiger partial charge in [0.2, 0.25) is 0 Å². The molecule has 23 heavy (non-hydrogen) atoms. The molecule has 126 valence electrons. The molecule has 0 radical (unpaired) electrons. The Morgan fingerprint density at radius 3 is 2.13 bits per heavy atom. The molecule has 2 aliphatic rings. The van der Waals surface area contributed by atoms with Crippen LogP contribution in [0.3, 0.4) is 0 Å². The van der Waals surface area contributed by atoms with Gasteiger partial charge in [-0.3, -0.25) is 0 Å². The first-order valence-corrected chi connectivity index (χ1v) is 7.94. The monoisotopic (exact) mass is 322 g/mol. The lowest BCUT2D eigenvalue weighted by atomic mass is 9.92. The maximum absolute atomic E-state index is 11.1. The van der Waals surface area contributed by atoms with Gasteiger partial charge in [-0.05, 0) is 12.8 Å². The van der Waals surface area contributed by atoms with Crippen molar-refractivity contribution < 1.29 is 20.1 Å². The number of nitrogens with zero attached hydrogens (tertiary/aromatic N) is 4. The van der Waals surface area contributed by atoms with Crippen LogP contribution < -0.4 is 9.80 Å². The molecular weight excluding hydrogens is 300 g/mol. The lowest BCUT2D eigenvalue weighted by Crippen LogP contribution is -2.49. The summed E-state index contributed by atoms with van der Waals surface area (Å²) in [5.41, 5.74) is -1.63. The Hall–Kier alpha value is -1.93. The molecule has 0 amide bonds. The van der Waals surface area contributed by atoms with Gasteiger partial charge in [0.05, 0.1) is 6.10 Å². The van der Waals surface area contributed by atoms with Crippen molar-refractivity contribution in [2.75, 3.05) is 36.0 Å². The van der Waals surface area contributed by atoms with Crippen LogP contribution in [-0.2, 0) is 4.79 Å². The maximum atomic E-state index is 11.1. The first-order valence-electron chi connectivity index (χ1n) is 7.94. The van der Waals surface area contributed by atoms with Crippen molar-refractivity contribution in [1.29, 1.82) is 0 Å². The third-order valence-electron chi connectivity index (χ3n) is 4.74. The van der Waals surface area contributed by atoms with Gasteiger partial charge in [-0.2, -0.15) is 0 Å². The zero-order valence-corrected chi connectivity index (χ0v) is 12.9. The van der Waals surface area contributed by atoms with E-state index in [1.807, 2.05) is 11.0 Å². The van der Waals surface area contributed by atoms with E-state index < -0.39 is 11.6 Å². The Balaban J connectivity index is 1.68. The average Bonchev–Trinajstić information content (AvgIpc) is 2.56. The molecule has 0 aromatic carbocycles. The minimum absolute atomic E-state index is 0.178. The van der Waals surface area contributed by atoms with Gasteiger partial charge in [-0.15, -0.1) is 0 Å². The number of piperidine rings is 2. The van der Waals surface area contributed by atoms with Crippen LogP contribution in [0.2, 0.25) is 0 Å². The Labute approximate surface area is 134 Å². The van der Waals surface area contributed by atoms with E-state index in [2.05, 4.69) is 14.9 Å². The highest BCUT2D eigenvalue weighted by Gasteiger charge is 2.39. The number of carboxylic acid groups (broad SMARTS) is 1. The van der Waals surface area contributed by atoms with E-state index in [4.69, 9.17) is 5.11 Å². The number of aliphatic carboxylic acids is 1. The minimum atomic E-state index is -1.63. The summed E-state index contributed by atoms with van der Waals surface area (Å²) in [6.45, 7) is 2.41. The smallest absolute Gasteiger partial charge is 0.335 e. The van der Waals surface area contributed by atoms with Gasteiger partial charge in [0.25, 0.3) is 0 Å². The molecule has 0 spiro atoms. The Bertz CT molecular complexity index is 566. The van der Waals surface area contributed by atoms with Crippen LogP contribution in [-0.4, -0.2) is 69.1 Å². The van der Waals surface area contributed by atoms with Crippen molar-refractivity contribution in [2.45, 2.75) is 37.4 Å². The maximum Gasteiger partial charge on any atom is 0.335 e. The van der Waals surface area contributed by atoms with E-state index in [9.17, 15) is 15.0 Å². The second kappa shape index (κ2) is 6.29. The summed E-state index contributed by atoms with van der Waals surface area (Å²) >= 11 is 0. The molecule has 8 heteroatoms. The fraction of sp³-hybridized carbons (Fsp3) is 0.667. The molecule has 2 saturated heterocycles. The summed E-state index contributed by atoms with van der Waals surface area (Å²) < 4.78 is 0. The number of hydrogen-bond donors (Lipinski definition) is 3. The highest BCUT2D eigenvalue weighted by atomic mass is 16.4. The van der Waals surface area contributed by atoms with Gasteiger partial charge in [0.1, 0.15) is 18.0 Å². The average molecular weight is 322 g/mol. The van der Waals surface area contributed by atoms with Gasteiger partial charge in [-0.1, -0.05) is 0 Å². The van der Waals surface area contributed by atoms with Crippen molar-refractivity contribution in [1.82, 2.24) is 9.97 Å². The molecule has 0 bridgehead atoms. The molecule has 8 nitrogen and oxygen atoms in total. The number of aliphatic hydroxyl groups excluding tert-OH is 1. The zero-order valence-electron chi connectivity index (χ0n) is 12.9. The lowest BCUT2D eigenvalue weighted by molar-refractivity contribution is -0.160. The van der Waals surface area contributed by atoms with Crippen molar-refractivity contribution in [3.8, 4) is 0 Å². The topological polar surface area (TPSA) is 110 Å². The van der Waals surface area contributed by atoms with Crippen molar-refractivity contribution in [3.63, 3.8) is 0 Å². The molecule has 1 aromatic heterocycles. The molecule has 3 heterocycles. The van der Waals surface area contributed by atoms with Crippen LogP contribution in [0.15, 0.2) is 12.4 Å². The van der Waals surface area contributed by atoms with E-state index in [1.165, 1.54) is 6.33 Å². The summed E-state index contributed by atoms with van der Waals surface area (Å²) in [6, 6.07) is 1.89. The van der Waals surface area contributed by atoms with Crippen molar-refractivity contribution in [3.05, 3.63) is 12.4 Å². The van der Waals surface area contributed by atoms with Gasteiger partial charge in [-0.25, -0.2) is 14.8 Å². The number of rotatable bonds is 3. The van der Waals surface area contributed by atoms with Gasteiger partial charge < -0.3 is 25.1 Å². The van der Waals surface area contributed by atoms with E-state index in [0.717, 1.165) is 37.6 Å². The van der Waals surface area contributed by atoms with E-state index in [0.29, 0.717) is 13.1 Å². The van der Waals surface area contributed by atoms with Crippen molar-refractivity contribution >= 4 is 17.6 Å². The molecule has 2 aliphatic heterocycles. The molecule has 1 aromatic rings. The normalized spacial score (nSPS) is 22.2. The number of carbonyl (C=O) groups is 1. The van der Waals surface area contributed by atoms with Crippen molar-refractivity contribution in [2.24, 2.45) is 0 Å². The zero-order chi connectivity index (χ0) is 16.4. The standard InChI is InChI=1S/C15H22N4O4/c20-11-1-5-18(6-2-11)12-9-13(17-10-16-12)19-7-3-15(23,4-8-19)14(21)22/h9-11,20,23H,1-8H2,(H,21,22). The van der Waals surface area contributed by atoms with Crippen LogP contribution in [0.1, 0.15) is 25.7 Å². The summed E-state index contributed by atoms with van der Waals surface area (Å²) in [4.78, 5) is 23.8. The molecule has 0 aliphatic carbocycles. The fourth-order valence-corrected chi connectivity index (χ4v) is 3.10. The molecule has 2 fully saturated rings. The second-order valence-corrected chi connectivity index (χ2v) is 6.28. The SMILES string of the molecule is O=C(O)C1(O)CCN(c2cc(N3CCC(O)CC3)ncn2)CC1. The summed E-state index contributed by atoms with van der Waals surface area (Å²) in [5, 5.41) is 28.7.